The Bertz CT molecular complexity index is 1050. The van der Waals surface area contributed by atoms with Gasteiger partial charge in [0.25, 0.3) is 0 Å². The fourth-order valence-corrected chi connectivity index (χ4v) is 3.73. The molecule has 0 aliphatic carbocycles. The van der Waals surface area contributed by atoms with Crippen molar-refractivity contribution in [1.29, 1.82) is 5.41 Å². The lowest BCUT2D eigenvalue weighted by atomic mass is 9.97. The van der Waals surface area contributed by atoms with Crippen molar-refractivity contribution in [1.82, 2.24) is 15.3 Å². The summed E-state index contributed by atoms with van der Waals surface area (Å²) in [4.78, 5) is 8.71. The number of nitrogens with two attached hydrogens (primary N) is 1. The van der Waals surface area contributed by atoms with Gasteiger partial charge in [0.1, 0.15) is 5.82 Å². The second kappa shape index (κ2) is 9.00. The van der Waals surface area contributed by atoms with Crippen LogP contribution in [0.15, 0.2) is 55.0 Å². The third-order valence-electron chi connectivity index (χ3n) is 5.48. The quantitative estimate of drug-likeness (QED) is 0.470. The fourth-order valence-electron chi connectivity index (χ4n) is 3.73. The number of piperidine rings is 1. The van der Waals surface area contributed by atoms with Gasteiger partial charge >= 0.3 is 0 Å². The SMILES string of the molecule is N=C(c1cc(-c2cnccc2NCC2CCNCC2)ncc1N)c1ccccc1F. The molecule has 0 amide bonds. The van der Waals surface area contributed by atoms with Crippen molar-refractivity contribution in [3.63, 3.8) is 0 Å². The number of hydrogen-bond acceptors (Lipinski definition) is 6. The third-order valence-corrected chi connectivity index (χ3v) is 5.48. The lowest BCUT2D eigenvalue weighted by molar-refractivity contribution is 0.390. The Morgan fingerprint density at radius 1 is 1.17 bits per heavy atom. The van der Waals surface area contributed by atoms with Gasteiger partial charge in [0.15, 0.2) is 0 Å². The molecular formula is C23H25FN6. The molecule has 1 aliphatic heterocycles. The maximum absolute atomic E-state index is 14.2. The smallest absolute Gasteiger partial charge is 0.132 e. The van der Waals surface area contributed by atoms with Gasteiger partial charge in [-0.25, -0.2) is 4.39 Å². The van der Waals surface area contributed by atoms with Gasteiger partial charge in [-0.15, -0.1) is 0 Å². The Labute approximate surface area is 175 Å². The van der Waals surface area contributed by atoms with E-state index in [4.69, 9.17) is 11.1 Å². The zero-order valence-electron chi connectivity index (χ0n) is 16.7. The standard InChI is InChI=1S/C23H25FN6/c24-19-4-2-1-3-16(19)23(26)17-11-22(30-14-20(17)25)18-13-28-10-7-21(18)29-12-15-5-8-27-9-6-15/h1-4,7,10-11,13-15,26-27H,5-6,8-9,12,25H2,(H,28,29). The number of aromatic nitrogens is 2. The Balaban J connectivity index is 1.63. The molecule has 4 rings (SSSR count). The van der Waals surface area contributed by atoms with E-state index >= 15 is 0 Å². The first kappa shape index (κ1) is 20.0. The number of hydrogen-bond donors (Lipinski definition) is 4. The number of rotatable bonds is 6. The van der Waals surface area contributed by atoms with E-state index in [0.717, 1.165) is 43.7 Å². The molecule has 0 bridgehead atoms. The third kappa shape index (κ3) is 4.31. The van der Waals surface area contributed by atoms with Crippen molar-refractivity contribution in [2.24, 2.45) is 5.92 Å². The summed E-state index contributed by atoms with van der Waals surface area (Å²) < 4.78 is 14.2. The molecule has 0 atom stereocenters. The van der Waals surface area contributed by atoms with Gasteiger partial charge in [-0.2, -0.15) is 0 Å². The molecule has 0 radical (unpaired) electrons. The fraction of sp³-hybridized carbons (Fsp3) is 0.261. The molecule has 30 heavy (non-hydrogen) atoms. The van der Waals surface area contributed by atoms with Gasteiger partial charge in [-0.3, -0.25) is 15.4 Å². The summed E-state index contributed by atoms with van der Waals surface area (Å²) in [5.74, 6) is 0.169. The molecule has 0 spiro atoms. The van der Waals surface area contributed by atoms with Crippen molar-refractivity contribution in [3.8, 4) is 11.3 Å². The summed E-state index contributed by atoms with van der Waals surface area (Å²) in [5.41, 5.74) is 9.50. The Kier molecular flexibility index (Phi) is 5.99. The van der Waals surface area contributed by atoms with Crippen LogP contribution in [-0.4, -0.2) is 35.3 Å². The van der Waals surface area contributed by atoms with Crippen LogP contribution in [0, 0.1) is 17.1 Å². The molecule has 3 aromatic rings. The second-order valence-electron chi connectivity index (χ2n) is 7.51. The lowest BCUT2D eigenvalue weighted by Crippen LogP contribution is -2.31. The Morgan fingerprint density at radius 3 is 2.77 bits per heavy atom. The zero-order chi connectivity index (χ0) is 20.9. The van der Waals surface area contributed by atoms with Crippen molar-refractivity contribution in [2.75, 3.05) is 30.7 Å². The predicted octanol–water partition coefficient (Wildman–Crippen LogP) is 3.69. The van der Waals surface area contributed by atoms with Crippen LogP contribution in [0.5, 0.6) is 0 Å². The molecule has 1 fully saturated rings. The Hall–Kier alpha value is -3.32. The monoisotopic (exact) mass is 404 g/mol. The summed E-state index contributed by atoms with van der Waals surface area (Å²) in [6, 6.07) is 9.88. The average molecular weight is 404 g/mol. The summed E-state index contributed by atoms with van der Waals surface area (Å²) in [5, 5.41) is 15.4. The predicted molar refractivity (Wildman–Crippen MR) is 118 cm³/mol. The van der Waals surface area contributed by atoms with Crippen molar-refractivity contribution in [3.05, 3.63) is 71.9 Å². The molecule has 5 N–H and O–H groups in total. The number of benzene rings is 1. The molecule has 7 heteroatoms. The number of anilines is 2. The zero-order valence-corrected chi connectivity index (χ0v) is 16.7. The minimum atomic E-state index is -0.453. The van der Waals surface area contributed by atoms with Crippen LogP contribution in [0.4, 0.5) is 15.8 Å². The molecule has 1 aliphatic rings. The van der Waals surface area contributed by atoms with E-state index in [-0.39, 0.29) is 11.3 Å². The Morgan fingerprint density at radius 2 is 1.97 bits per heavy atom. The first-order valence-electron chi connectivity index (χ1n) is 10.1. The van der Waals surface area contributed by atoms with Crippen LogP contribution in [0.2, 0.25) is 0 Å². The molecule has 0 unspecified atom stereocenters. The first-order chi connectivity index (χ1) is 14.6. The van der Waals surface area contributed by atoms with Crippen molar-refractivity contribution < 1.29 is 4.39 Å². The van der Waals surface area contributed by atoms with Gasteiger partial charge in [0, 0.05) is 41.3 Å². The highest BCUT2D eigenvalue weighted by Crippen LogP contribution is 2.29. The van der Waals surface area contributed by atoms with E-state index in [1.807, 2.05) is 6.07 Å². The summed E-state index contributed by atoms with van der Waals surface area (Å²) in [6.45, 7) is 2.98. The highest BCUT2D eigenvalue weighted by molar-refractivity contribution is 6.14. The van der Waals surface area contributed by atoms with E-state index in [0.29, 0.717) is 22.9 Å². The topological polar surface area (TPSA) is 99.7 Å². The molecule has 154 valence electrons. The summed E-state index contributed by atoms with van der Waals surface area (Å²) in [7, 11) is 0. The minimum Gasteiger partial charge on any atom is -0.397 e. The second-order valence-corrected chi connectivity index (χ2v) is 7.51. The van der Waals surface area contributed by atoms with Gasteiger partial charge < -0.3 is 16.4 Å². The lowest BCUT2D eigenvalue weighted by Gasteiger charge is -2.23. The van der Waals surface area contributed by atoms with Crippen LogP contribution in [0.25, 0.3) is 11.3 Å². The van der Waals surface area contributed by atoms with Crippen molar-refractivity contribution >= 4 is 17.1 Å². The minimum absolute atomic E-state index is 0.0300. The number of nitrogens with zero attached hydrogens (tertiary/aromatic N) is 2. The largest absolute Gasteiger partial charge is 0.397 e. The molecule has 3 heterocycles. The van der Waals surface area contributed by atoms with Crippen LogP contribution in [0.1, 0.15) is 24.0 Å². The van der Waals surface area contributed by atoms with Crippen LogP contribution in [0.3, 0.4) is 0 Å². The first-order valence-corrected chi connectivity index (χ1v) is 10.1. The summed E-state index contributed by atoms with van der Waals surface area (Å²) >= 11 is 0. The molecule has 0 saturated carbocycles. The normalized spacial score (nSPS) is 14.4. The molecule has 6 nitrogen and oxygen atoms in total. The number of nitrogens with one attached hydrogen (secondary N) is 3. The molecule has 1 aromatic carbocycles. The maximum Gasteiger partial charge on any atom is 0.132 e. The highest BCUT2D eigenvalue weighted by Gasteiger charge is 2.17. The van der Waals surface area contributed by atoms with E-state index in [9.17, 15) is 4.39 Å². The molecule has 2 aromatic heterocycles. The van der Waals surface area contributed by atoms with Crippen molar-refractivity contribution in [2.45, 2.75) is 12.8 Å². The van der Waals surface area contributed by atoms with E-state index < -0.39 is 5.82 Å². The number of pyridine rings is 2. The van der Waals surface area contributed by atoms with Crippen LogP contribution < -0.4 is 16.4 Å². The van der Waals surface area contributed by atoms with Gasteiger partial charge in [-0.1, -0.05) is 12.1 Å². The highest BCUT2D eigenvalue weighted by atomic mass is 19.1. The average Bonchev–Trinajstić information content (AvgIpc) is 2.79. The van der Waals surface area contributed by atoms with E-state index in [1.54, 1.807) is 36.7 Å². The number of nitrogen functional groups attached to an aromatic ring is 1. The molecular weight excluding hydrogens is 379 g/mol. The van der Waals surface area contributed by atoms with Crippen LogP contribution >= 0.6 is 0 Å². The van der Waals surface area contributed by atoms with E-state index in [1.165, 1.54) is 12.3 Å². The van der Waals surface area contributed by atoms with Gasteiger partial charge in [0.2, 0.25) is 0 Å². The molecule has 1 saturated heterocycles. The summed E-state index contributed by atoms with van der Waals surface area (Å²) in [6.07, 6.45) is 7.31. The van der Waals surface area contributed by atoms with Gasteiger partial charge in [0.05, 0.1) is 23.3 Å². The number of halogens is 1. The van der Waals surface area contributed by atoms with Crippen LogP contribution in [-0.2, 0) is 0 Å². The van der Waals surface area contributed by atoms with E-state index in [2.05, 4.69) is 20.6 Å². The maximum atomic E-state index is 14.2. The van der Waals surface area contributed by atoms with Gasteiger partial charge in [-0.05, 0) is 56.1 Å².